The monoisotopic (exact) mass is 416 g/mol. The van der Waals surface area contributed by atoms with Crippen LogP contribution in [0, 0.1) is 0 Å². The summed E-state index contributed by atoms with van der Waals surface area (Å²) in [5.74, 6) is -0.311. The van der Waals surface area contributed by atoms with E-state index in [1.165, 1.54) is 23.3 Å². The van der Waals surface area contributed by atoms with Gasteiger partial charge in [-0.05, 0) is 62.4 Å². The van der Waals surface area contributed by atoms with Crippen molar-refractivity contribution in [2.24, 2.45) is 0 Å². The van der Waals surface area contributed by atoms with Gasteiger partial charge in [0.05, 0.1) is 23.9 Å². The standard InChI is InChI=1S/C25H28N4O2/c1-28(18-24(30)26-16-15-19-7-3-2-4-8-19)25(31)20-11-13-22(14-12-20)29-23-10-6-5-9-21(23)17-27-29/h5-7,9-14,17H,2-4,8,15-16,18H2,1H3,(H,26,30). The molecule has 0 saturated heterocycles. The molecule has 160 valence electrons. The van der Waals surface area contributed by atoms with Crippen LogP contribution < -0.4 is 5.32 Å². The minimum atomic E-state index is -0.179. The van der Waals surface area contributed by atoms with E-state index in [0.717, 1.165) is 35.9 Å². The number of hydrogen-bond acceptors (Lipinski definition) is 3. The molecule has 2 amide bonds. The summed E-state index contributed by atoms with van der Waals surface area (Å²) >= 11 is 0. The van der Waals surface area contributed by atoms with Crippen molar-refractivity contribution in [3.05, 3.63) is 71.9 Å². The zero-order chi connectivity index (χ0) is 21.6. The molecule has 1 heterocycles. The van der Waals surface area contributed by atoms with Crippen molar-refractivity contribution in [3.63, 3.8) is 0 Å². The van der Waals surface area contributed by atoms with E-state index >= 15 is 0 Å². The van der Waals surface area contributed by atoms with Gasteiger partial charge in [-0.2, -0.15) is 5.10 Å². The molecular formula is C25H28N4O2. The van der Waals surface area contributed by atoms with E-state index in [-0.39, 0.29) is 18.4 Å². The van der Waals surface area contributed by atoms with Crippen LogP contribution in [0.15, 0.2) is 66.4 Å². The molecule has 0 saturated carbocycles. The molecule has 4 rings (SSSR count). The summed E-state index contributed by atoms with van der Waals surface area (Å²) in [5, 5.41) is 8.43. The summed E-state index contributed by atoms with van der Waals surface area (Å²) in [6.45, 7) is 0.669. The molecule has 1 aromatic heterocycles. The van der Waals surface area contributed by atoms with E-state index in [2.05, 4.69) is 16.5 Å². The second kappa shape index (κ2) is 9.60. The van der Waals surface area contributed by atoms with Gasteiger partial charge in [-0.25, -0.2) is 4.68 Å². The second-order valence-electron chi connectivity index (χ2n) is 8.03. The summed E-state index contributed by atoms with van der Waals surface area (Å²) in [4.78, 5) is 26.4. The minimum absolute atomic E-state index is 0.0451. The van der Waals surface area contributed by atoms with E-state index in [0.29, 0.717) is 12.1 Å². The van der Waals surface area contributed by atoms with Crippen LogP contribution in [0.25, 0.3) is 16.6 Å². The highest BCUT2D eigenvalue weighted by Gasteiger charge is 2.15. The molecular weight excluding hydrogens is 388 g/mol. The van der Waals surface area contributed by atoms with Gasteiger partial charge in [0.1, 0.15) is 0 Å². The van der Waals surface area contributed by atoms with Gasteiger partial charge in [0, 0.05) is 24.5 Å². The zero-order valence-corrected chi connectivity index (χ0v) is 17.9. The van der Waals surface area contributed by atoms with Crippen molar-refractivity contribution in [1.82, 2.24) is 20.0 Å². The number of nitrogens with zero attached hydrogens (tertiary/aromatic N) is 3. The lowest BCUT2D eigenvalue weighted by Crippen LogP contribution is -2.38. The number of benzene rings is 2. The van der Waals surface area contributed by atoms with Crippen LogP contribution in [-0.4, -0.2) is 46.6 Å². The SMILES string of the molecule is CN(CC(=O)NCCC1=CCCCC1)C(=O)c1ccc(-n2ncc3ccccc32)cc1. The van der Waals surface area contributed by atoms with Crippen LogP contribution in [-0.2, 0) is 4.79 Å². The predicted molar refractivity (Wildman–Crippen MR) is 122 cm³/mol. The lowest BCUT2D eigenvalue weighted by Gasteiger charge is -2.18. The van der Waals surface area contributed by atoms with Gasteiger partial charge in [0.15, 0.2) is 0 Å². The maximum atomic E-state index is 12.7. The highest BCUT2D eigenvalue weighted by molar-refractivity contribution is 5.96. The molecule has 2 aromatic carbocycles. The summed E-state index contributed by atoms with van der Waals surface area (Å²) in [5.41, 5.74) is 3.87. The van der Waals surface area contributed by atoms with Crippen molar-refractivity contribution < 1.29 is 9.59 Å². The first-order valence-corrected chi connectivity index (χ1v) is 10.8. The van der Waals surface area contributed by atoms with Crippen LogP contribution in [0.2, 0.25) is 0 Å². The number of likely N-dealkylation sites (N-methyl/N-ethyl adjacent to an activating group) is 1. The first kappa shape index (κ1) is 20.8. The lowest BCUT2D eigenvalue weighted by molar-refractivity contribution is -0.121. The zero-order valence-electron chi connectivity index (χ0n) is 17.9. The molecule has 0 atom stereocenters. The minimum Gasteiger partial charge on any atom is -0.354 e. The van der Waals surface area contributed by atoms with Crippen LogP contribution in [0.1, 0.15) is 42.5 Å². The Balaban J connectivity index is 1.32. The van der Waals surface area contributed by atoms with Crippen LogP contribution in [0.3, 0.4) is 0 Å². The first-order valence-electron chi connectivity index (χ1n) is 10.8. The molecule has 6 heteroatoms. The largest absolute Gasteiger partial charge is 0.354 e. The Bertz CT molecular complexity index is 1100. The molecule has 1 N–H and O–H groups in total. The molecule has 6 nitrogen and oxygen atoms in total. The van der Waals surface area contributed by atoms with Crippen LogP contribution in [0.4, 0.5) is 0 Å². The predicted octanol–water partition coefficient (Wildman–Crippen LogP) is 4.10. The number of rotatable bonds is 7. The summed E-state index contributed by atoms with van der Waals surface area (Å²) in [6, 6.07) is 15.3. The molecule has 0 aliphatic heterocycles. The van der Waals surface area contributed by atoms with Crippen LogP contribution >= 0.6 is 0 Å². The Morgan fingerprint density at radius 3 is 2.68 bits per heavy atom. The quantitative estimate of drug-likeness (QED) is 0.590. The number of aromatic nitrogens is 2. The molecule has 0 bridgehead atoms. The van der Waals surface area contributed by atoms with Gasteiger partial charge in [-0.1, -0.05) is 29.8 Å². The summed E-state index contributed by atoms with van der Waals surface area (Å²) in [7, 11) is 1.65. The Hall–Kier alpha value is -3.41. The van der Waals surface area contributed by atoms with Crippen molar-refractivity contribution >= 4 is 22.7 Å². The smallest absolute Gasteiger partial charge is 0.254 e. The fourth-order valence-corrected chi connectivity index (χ4v) is 3.98. The third kappa shape index (κ3) is 5.02. The number of amides is 2. The number of nitrogens with one attached hydrogen (secondary N) is 1. The van der Waals surface area contributed by atoms with Gasteiger partial charge < -0.3 is 10.2 Å². The van der Waals surface area contributed by atoms with Gasteiger partial charge in [0.25, 0.3) is 5.91 Å². The number of carbonyl (C=O) groups is 2. The average molecular weight is 417 g/mol. The molecule has 0 radical (unpaired) electrons. The van der Waals surface area contributed by atoms with E-state index in [1.54, 1.807) is 19.2 Å². The number of allylic oxidation sites excluding steroid dienone is 1. The Labute approximate surface area is 182 Å². The number of para-hydroxylation sites is 1. The molecule has 1 aliphatic rings. The molecule has 31 heavy (non-hydrogen) atoms. The van der Waals surface area contributed by atoms with Crippen molar-refractivity contribution in [2.75, 3.05) is 20.1 Å². The van der Waals surface area contributed by atoms with Crippen molar-refractivity contribution in [2.45, 2.75) is 32.1 Å². The average Bonchev–Trinajstić information content (AvgIpc) is 3.23. The Morgan fingerprint density at radius 1 is 1.10 bits per heavy atom. The molecule has 0 spiro atoms. The number of hydrogen-bond donors (Lipinski definition) is 1. The number of fused-ring (bicyclic) bond motifs is 1. The molecule has 1 aliphatic carbocycles. The van der Waals surface area contributed by atoms with Crippen molar-refractivity contribution in [3.8, 4) is 5.69 Å². The maximum Gasteiger partial charge on any atom is 0.254 e. The van der Waals surface area contributed by atoms with Gasteiger partial charge in [0.2, 0.25) is 5.91 Å². The van der Waals surface area contributed by atoms with Gasteiger partial charge in [-0.3, -0.25) is 9.59 Å². The topological polar surface area (TPSA) is 67.2 Å². The van der Waals surface area contributed by atoms with Crippen molar-refractivity contribution in [1.29, 1.82) is 0 Å². The van der Waals surface area contributed by atoms with E-state index in [1.807, 2.05) is 47.3 Å². The van der Waals surface area contributed by atoms with Gasteiger partial charge >= 0.3 is 0 Å². The fourth-order valence-electron chi connectivity index (χ4n) is 3.98. The Kier molecular flexibility index (Phi) is 6.46. The van der Waals surface area contributed by atoms with E-state index in [4.69, 9.17) is 0 Å². The first-order chi connectivity index (χ1) is 15.1. The van der Waals surface area contributed by atoms with E-state index in [9.17, 15) is 9.59 Å². The third-order valence-electron chi connectivity index (χ3n) is 5.72. The Morgan fingerprint density at radius 2 is 1.90 bits per heavy atom. The molecule has 0 fully saturated rings. The molecule has 0 unspecified atom stereocenters. The highest BCUT2D eigenvalue weighted by Crippen LogP contribution is 2.20. The number of carbonyl (C=O) groups excluding carboxylic acids is 2. The molecule has 3 aromatic rings. The lowest BCUT2D eigenvalue weighted by atomic mass is 9.97. The maximum absolute atomic E-state index is 12.7. The third-order valence-corrected chi connectivity index (χ3v) is 5.72. The highest BCUT2D eigenvalue weighted by atomic mass is 16.2. The van der Waals surface area contributed by atoms with Gasteiger partial charge in [-0.15, -0.1) is 0 Å². The summed E-state index contributed by atoms with van der Waals surface area (Å²) in [6.07, 6.45) is 9.81. The van der Waals surface area contributed by atoms with Crippen LogP contribution in [0.5, 0.6) is 0 Å². The second-order valence-corrected chi connectivity index (χ2v) is 8.03. The fraction of sp³-hybridized carbons (Fsp3) is 0.320. The normalized spacial score (nSPS) is 13.6. The van der Waals surface area contributed by atoms with E-state index < -0.39 is 0 Å². The summed E-state index contributed by atoms with van der Waals surface area (Å²) < 4.78 is 1.85.